The molecule has 0 bridgehead atoms. The first kappa shape index (κ1) is 14.9. The molecule has 0 aliphatic rings. The monoisotopic (exact) mass is 278 g/mol. The largest absolute Gasteiger partial charge is 0.398 e. The first-order valence-corrected chi connectivity index (χ1v) is 6.16. The van der Waals surface area contributed by atoms with E-state index in [0.29, 0.717) is 22.9 Å². The van der Waals surface area contributed by atoms with E-state index < -0.39 is 5.91 Å². The summed E-state index contributed by atoms with van der Waals surface area (Å²) in [5, 5.41) is 14.8. The van der Waals surface area contributed by atoms with Gasteiger partial charge in [0.15, 0.2) is 0 Å². The van der Waals surface area contributed by atoms with Crippen molar-refractivity contribution < 1.29 is 4.79 Å². The van der Waals surface area contributed by atoms with Crippen molar-refractivity contribution in [3.63, 3.8) is 0 Å². The van der Waals surface area contributed by atoms with Crippen LogP contribution < -0.4 is 16.4 Å². The van der Waals surface area contributed by atoms with E-state index in [1.54, 1.807) is 18.2 Å². The van der Waals surface area contributed by atoms with Gasteiger partial charge in [-0.05, 0) is 24.6 Å². The lowest BCUT2D eigenvalue weighted by molar-refractivity contribution is -0.117. The van der Waals surface area contributed by atoms with Crippen LogP contribution in [-0.2, 0) is 4.79 Å². The highest BCUT2D eigenvalue weighted by molar-refractivity contribution is 6.33. The molecule has 0 fully saturated rings. The second kappa shape index (κ2) is 7.29. The normalized spacial score (nSPS) is 10.7. The van der Waals surface area contributed by atoms with Gasteiger partial charge in [-0.1, -0.05) is 18.5 Å². The summed E-state index contributed by atoms with van der Waals surface area (Å²) in [4.78, 5) is 11.6. The van der Waals surface area contributed by atoms with Crippen LogP contribution in [0.15, 0.2) is 30.0 Å². The Morgan fingerprint density at radius 2 is 2.32 bits per heavy atom. The Morgan fingerprint density at radius 3 is 2.89 bits per heavy atom. The van der Waals surface area contributed by atoms with E-state index in [-0.39, 0.29) is 5.57 Å². The topological polar surface area (TPSA) is 90.9 Å². The number of anilines is 2. The van der Waals surface area contributed by atoms with E-state index in [1.807, 2.05) is 13.0 Å². The van der Waals surface area contributed by atoms with E-state index >= 15 is 0 Å². The molecule has 1 rings (SSSR count). The molecule has 19 heavy (non-hydrogen) atoms. The molecule has 5 nitrogen and oxygen atoms in total. The van der Waals surface area contributed by atoms with E-state index in [0.717, 1.165) is 6.42 Å². The Bertz CT molecular complexity index is 534. The quantitative estimate of drug-likeness (QED) is 0.438. The van der Waals surface area contributed by atoms with E-state index in [2.05, 4.69) is 10.6 Å². The van der Waals surface area contributed by atoms with Gasteiger partial charge < -0.3 is 16.4 Å². The van der Waals surface area contributed by atoms with Crippen molar-refractivity contribution in [3.05, 3.63) is 35.0 Å². The van der Waals surface area contributed by atoms with Gasteiger partial charge in [-0.15, -0.1) is 0 Å². The van der Waals surface area contributed by atoms with Gasteiger partial charge in [0.2, 0.25) is 0 Å². The lowest BCUT2D eigenvalue weighted by Gasteiger charge is -2.05. The highest BCUT2D eigenvalue weighted by atomic mass is 35.5. The molecule has 6 heteroatoms. The summed E-state index contributed by atoms with van der Waals surface area (Å²) >= 11 is 5.86. The van der Waals surface area contributed by atoms with Crippen LogP contribution in [0.3, 0.4) is 0 Å². The fourth-order valence-electron chi connectivity index (χ4n) is 1.25. The molecule has 0 heterocycles. The number of benzene rings is 1. The zero-order valence-electron chi connectivity index (χ0n) is 10.5. The van der Waals surface area contributed by atoms with Crippen LogP contribution in [0.5, 0.6) is 0 Å². The lowest BCUT2D eigenvalue weighted by atomic mass is 10.2. The molecule has 1 aromatic rings. The van der Waals surface area contributed by atoms with Gasteiger partial charge in [0.25, 0.3) is 5.91 Å². The summed E-state index contributed by atoms with van der Waals surface area (Å²) in [6.45, 7) is 2.47. The van der Waals surface area contributed by atoms with Crippen molar-refractivity contribution in [1.29, 1.82) is 5.26 Å². The minimum atomic E-state index is -0.404. The summed E-state index contributed by atoms with van der Waals surface area (Å²) in [5.41, 5.74) is 6.70. The molecule has 1 aromatic carbocycles. The molecular formula is C13H15ClN4O. The Balaban J connectivity index is 2.74. The molecule has 0 aliphatic carbocycles. The average molecular weight is 279 g/mol. The minimum absolute atomic E-state index is 0.00129. The molecule has 4 N–H and O–H groups in total. The van der Waals surface area contributed by atoms with Crippen molar-refractivity contribution in [2.75, 3.05) is 17.6 Å². The van der Waals surface area contributed by atoms with Crippen LogP contribution in [0.2, 0.25) is 5.02 Å². The second-order valence-corrected chi connectivity index (χ2v) is 4.21. The molecule has 100 valence electrons. The van der Waals surface area contributed by atoms with Crippen LogP contribution >= 0.6 is 11.6 Å². The van der Waals surface area contributed by atoms with Crippen molar-refractivity contribution in [3.8, 4) is 6.07 Å². The number of nitrogens with two attached hydrogens (primary N) is 1. The third-order valence-electron chi connectivity index (χ3n) is 2.28. The standard InChI is InChI=1S/C13H15ClN4O/c1-2-5-17-13(19)9(7-15)8-18-10-3-4-12(16)11(14)6-10/h3-4,6,8,18H,2,5,16H2,1H3,(H,17,19)/b9-8-. The fourth-order valence-corrected chi connectivity index (χ4v) is 1.44. The van der Waals surface area contributed by atoms with Gasteiger partial charge in [-0.3, -0.25) is 4.79 Å². The van der Waals surface area contributed by atoms with Crippen molar-refractivity contribution in [1.82, 2.24) is 5.32 Å². The molecule has 0 spiro atoms. The number of nitrogens with one attached hydrogen (secondary N) is 2. The summed E-state index contributed by atoms with van der Waals surface area (Å²) in [7, 11) is 0. The third-order valence-corrected chi connectivity index (χ3v) is 2.61. The molecule has 0 aromatic heterocycles. The number of hydrogen-bond donors (Lipinski definition) is 3. The summed E-state index contributed by atoms with van der Waals surface area (Å²) in [6.07, 6.45) is 2.15. The molecule has 0 unspecified atom stereocenters. The van der Waals surface area contributed by atoms with Crippen LogP contribution in [-0.4, -0.2) is 12.5 Å². The number of carbonyl (C=O) groups is 1. The van der Waals surface area contributed by atoms with Gasteiger partial charge in [-0.25, -0.2) is 0 Å². The maximum atomic E-state index is 11.6. The molecule has 0 radical (unpaired) electrons. The fraction of sp³-hybridized carbons (Fsp3) is 0.231. The number of nitrogen functional groups attached to an aromatic ring is 1. The van der Waals surface area contributed by atoms with Crippen molar-refractivity contribution in [2.24, 2.45) is 0 Å². The Labute approximate surface area is 117 Å². The molecule has 0 atom stereocenters. The number of rotatable bonds is 5. The van der Waals surface area contributed by atoms with Gasteiger partial charge in [0.05, 0.1) is 10.7 Å². The average Bonchev–Trinajstić information content (AvgIpc) is 2.41. The number of nitrogens with zero attached hydrogens (tertiary/aromatic N) is 1. The zero-order valence-corrected chi connectivity index (χ0v) is 11.3. The van der Waals surface area contributed by atoms with E-state index in [4.69, 9.17) is 22.6 Å². The minimum Gasteiger partial charge on any atom is -0.398 e. The molecule has 1 amide bonds. The zero-order chi connectivity index (χ0) is 14.3. The van der Waals surface area contributed by atoms with E-state index in [1.165, 1.54) is 6.20 Å². The molecule has 0 saturated carbocycles. The Hall–Kier alpha value is -2.19. The maximum absolute atomic E-state index is 11.6. The predicted octanol–water partition coefficient (Wildman–Crippen LogP) is 2.27. The van der Waals surface area contributed by atoms with E-state index in [9.17, 15) is 4.79 Å². The van der Waals surface area contributed by atoms with Gasteiger partial charge in [-0.2, -0.15) is 5.26 Å². The number of halogens is 1. The second-order valence-electron chi connectivity index (χ2n) is 3.81. The summed E-state index contributed by atoms with van der Waals surface area (Å²) < 4.78 is 0. The lowest BCUT2D eigenvalue weighted by Crippen LogP contribution is -2.25. The van der Waals surface area contributed by atoms with Crippen LogP contribution in [0, 0.1) is 11.3 Å². The number of amides is 1. The molecule has 0 saturated heterocycles. The molecular weight excluding hydrogens is 264 g/mol. The molecule has 0 aliphatic heterocycles. The number of nitriles is 1. The van der Waals surface area contributed by atoms with Crippen LogP contribution in [0.1, 0.15) is 13.3 Å². The highest BCUT2D eigenvalue weighted by Gasteiger charge is 2.07. The van der Waals surface area contributed by atoms with Gasteiger partial charge in [0, 0.05) is 18.4 Å². The van der Waals surface area contributed by atoms with Crippen molar-refractivity contribution >= 4 is 28.9 Å². The summed E-state index contributed by atoms with van der Waals surface area (Å²) in [6, 6.07) is 6.80. The third kappa shape index (κ3) is 4.53. The smallest absolute Gasteiger partial charge is 0.263 e. The van der Waals surface area contributed by atoms with Gasteiger partial charge in [0.1, 0.15) is 11.6 Å². The van der Waals surface area contributed by atoms with Crippen molar-refractivity contribution in [2.45, 2.75) is 13.3 Å². The first-order valence-electron chi connectivity index (χ1n) is 5.78. The Kier molecular flexibility index (Phi) is 5.71. The number of carbonyl (C=O) groups excluding carboxylic acids is 1. The first-order chi connectivity index (χ1) is 9.08. The van der Waals surface area contributed by atoms with Crippen LogP contribution in [0.4, 0.5) is 11.4 Å². The number of hydrogen-bond acceptors (Lipinski definition) is 4. The van der Waals surface area contributed by atoms with Crippen LogP contribution in [0.25, 0.3) is 0 Å². The van der Waals surface area contributed by atoms with Gasteiger partial charge >= 0.3 is 0 Å². The summed E-state index contributed by atoms with van der Waals surface area (Å²) in [5.74, 6) is -0.404. The highest BCUT2D eigenvalue weighted by Crippen LogP contribution is 2.22. The predicted molar refractivity (Wildman–Crippen MR) is 76.5 cm³/mol. The maximum Gasteiger partial charge on any atom is 0.263 e. The Morgan fingerprint density at radius 1 is 1.58 bits per heavy atom. The SMILES string of the molecule is CCCNC(=O)/C(C#N)=C\Nc1ccc(N)c(Cl)c1.